The summed E-state index contributed by atoms with van der Waals surface area (Å²) < 4.78 is 10.8. The minimum absolute atomic E-state index is 0.0923. The van der Waals surface area contributed by atoms with Gasteiger partial charge in [-0.15, -0.1) is 0 Å². The average Bonchev–Trinajstić information content (AvgIpc) is 3.20. The summed E-state index contributed by atoms with van der Waals surface area (Å²) in [5, 5.41) is 7.36. The van der Waals surface area contributed by atoms with Gasteiger partial charge in [0.2, 0.25) is 0 Å². The van der Waals surface area contributed by atoms with Gasteiger partial charge in [0.25, 0.3) is 5.91 Å². The van der Waals surface area contributed by atoms with Gasteiger partial charge in [-0.1, -0.05) is 36.4 Å². The maximum Gasteiger partial charge on any atom is 0.251 e. The molecule has 0 saturated heterocycles. The van der Waals surface area contributed by atoms with Gasteiger partial charge in [-0.2, -0.15) is 4.37 Å². The molecule has 0 aliphatic rings. The summed E-state index contributed by atoms with van der Waals surface area (Å²) in [7, 11) is 1.64. The Bertz CT molecular complexity index is 1120. The van der Waals surface area contributed by atoms with Gasteiger partial charge < -0.3 is 15.4 Å². The molecule has 2 N–H and O–H groups in total. The van der Waals surface area contributed by atoms with E-state index in [0.29, 0.717) is 18.7 Å². The molecule has 4 rings (SSSR count). The van der Waals surface area contributed by atoms with Crippen LogP contribution in [0.15, 0.2) is 72.8 Å². The quantitative estimate of drug-likeness (QED) is 0.435. The Morgan fingerprint density at radius 2 is 1.79 bits per heavy atom. The predicted molar refractivity (Wildman–Crippen MR) is 119 cm³/mol. The first-order valence-corrected chi connectivity index (χ1v) is 10.1. The number of nitrogens with one attached hydrogen (secondary N) is 2. The van der Waals surface area contributed by atoms with Gasteiger partial charge in [0, 0.05) is 24.0 Å². The van der Waals surface area contributed by atoms with Crippen LogP contribution in [0.5, 0.6) is 5.75 Å². The Hall–Kier alpha value is -3.38. The number of hydrogen-bond acceptors (Lipinski definition) is 5. The molecule has 1 amide bonds. The first-order chi connectivity index (χ1) is 14.2. The molecule has 3 aromatic carbocycles. The molecule has 0 bridgehead atoms. The van der Waals surface area contributed by atoms with Crippen molar-refractivity contribution in [3.63, 3.8) is 0 Å². The number of nitrogens with zero attached hydrogens (tertiary/aromatic N) is 1. The predicted octanol–water partition coefficient (Wildman–Crippen LogP) is 4.81. The maximum absolute atomic E-state index is 12.5. The van der Waals surface area contributed by atoms with Gasteiger partial charge in [-0.3, -0.25) is 4.79 Å². The summed E-state index contributed by atoms with van der Waals surface area (Å²) >= 11 is 1.47. The van der Waals surface area contributed by atoms with Crippen molar-refractivity contribution in [1.29, 1.82) is 0 Å². The summed E-state index contributed by atoms with van der Waals surface area (Å²) in [5.74, 6) is 1.58. The van der Waals surface area contributed by atoms with Crippen LogP contribution in [0.25, 0.3) is 21.2 Å². The van der Waals surface area contributed by atoms with E-state index in [4.69, 9.17) is 4.74 Å². The van der Waals surface area contributed by atoms with Crippen LogP contribution in [0.1, 0.15) is 10.4 Å². The van der Waals surface area contributed by atoms with E-state index in [0.717, 1.165) is 32.8 Å². The highest BCUT2D eigenvalue weighted by molar-refractivity contribution is 7.13. The molecule has 29 heavy (non-hydrogen) atoms. The van der Waals surface area contributed by atoms with Crippen LogP contribution in [0.4, 0.5) is 5.82 Å². The van der Waals surface area contributed by atoms with Crippen molar-refractivity contribution in [3.8, 4) is 16.9 Å². The first kappa shape index (κ1) is 19.0. The Labute approximate surface area is 173 Å². The van der Waals surface area contributed by atoms with E-state index in [-0.39, 0.29) is 5.91 Å². The average molecular weight is 404 g/mol. The van der Waals surface area contributed by atoms with Crippen LogP contribution in [0.2, 0.25) is 0 Å². The van der Waals surface area contributed by atoms with E-state index in [1.165, 1.54) is 11.5 Å². The van der Waals surface area contributed by atoms with Gasteiger partial charge in [-0.25, -0.2) is 0 Å². The SMILES string of the molecule is COc1ccc(-c2cccc(C(=O)NCCNc3nsc4ccccc34)c2)cc1. The molecular formula is C23H21N3O2S. The minimum atomic E-state index is -0.0923. The minimum Gasteiger partial charge on any atom is -0.497 e. The van der Waals surface area contributed by atoms with Crippen LogP contribution in [0.3, 0.4) is 0 Å². The highest BCUT2D eigenvalue weighted by Crippen LogP contribution is 2.26. The van der Waals surface area contributed by atoms with Crippen LogP contribution >= 0.6 is 11.5 Å². The molecule has 0 radical (unpaired) electrons. The number of anilines is 1. The van der Waals surface area contributed by atoms with E-state index in [1.54, 1.807) is 7.11 Å². The first-order valence-electron chi connectivity index (χ1n) is 9.35. The molecule has 0 atom stereocenters. The van der Waals surface area contributed by atoms with Gasteiger partial charge in [0.15, 0.2) is 0 Å². The maximum atomic E-state index is 12.5. The zero-order valence-corrected chi connectivity index (χ0v) is 16.8. The fourth-order valence-corrected chi connectivity index (χ4v) is 3.85. The van der Waals surface area contributed by atoms with E-state index in [2.05, 4.69) is 21.1 Å². The molecule has 5 nitrogen and oxygen atoms in total. The molecule has 0 spiro atoms. The molecule has 0 fully saturated rings. The smallest absolute Gasteiger partial charge is 0.251 e. The van der Waals surface area contributed by atoms with Crippen molar-refractivity contribution in [3.05, 3.63) is 78.4 Å². The van der Waals surface area contributed by atoms with E-state index in [1.807, 2.05) is 66.7 Å². The van der Waals surface area contributed by atoms with E-state index >= 15 is 0 Å². The van der Waals surface area contributed by atoms with Gasteiger partial charge in [0.1, 0.15) is 11.6 Å². The Morgan fingerprint density at radius 1 is 0.966 bits per heavy atom. The monoisotopic (exact) mass is 403 g/mol. The third-order valence-corrected chi connectivity index (χ3v) is 5.46. The molecule has 0 aliphatic carbocycles. The summed E-state index contributed by atoms with van der Waals surface area (Å²) in [4.78, 5) is 12.5. The molecule has 0 aliphatic heterocycles. The van der Waals surface area contributed by atoms with E-state index in [9.17, 15) is 4.79 Å². The van der Waals surface area contributed by atoms with E-state index < -0.39 is 0 Å². The second-order valence-corrected chi connectivity index (χ2v) is 7.32. The molecular weight excluding hydrogens is 382 g/mol. The van der Waals surface area contributed by atoms with Crippen molar-refractivity contribution in [2.24, 2.45) is 0 Å². The lowest BCUT2D eigenvalue weighted by Gasteiger charge is -2.09. The fourth-order valence-electron chi connectivity index (χ4n) is 3.10. The number of aromatic nitrogens is 1. The van der Waals surface area contributed by atoms with Crippen molar-refractivity contribution in [1.82, 2.24) is 9.69 Å². The zero-order valence-electron chi connectivity index (χ0n) is 16.0. The summed E-state index contributed by atoms with van der Waals surface area (Å²) in [6.07, 6.45) is 0. The molecule has 0 unspecified atom stereocenters. The second kappa shape index (κ2) is 8.75. The van der Waals surface area contributed by atoms with Gasteiger partial charge in [0.05, 0.1) is 11.8 Å². The Morgan fingerprint density at radius 3 is 2.62 bits per heavy atom. The third kappa shape index (κ3) is 4.38. The van der Waals surface area contributed by atoms with Crippen LogP contribution in [-0.2, 0) is 0 Å². The van der Waals surface area contributed by atoms with Crippen molar-refractivity contribution >= 4 is 33.3 Å². The molecule has 0 saturated carbocycles. The highest BCUT2D eigenvalue weighted by atomic mass is 32.1. The Balaban J connectivity index is 1.35. The van der Waals surface area contributed by atoms with Crippen molar-refractivity contribution < 1.29 is 9.53 Å². The number of fused-ring (bicyclic) bond motifs is 1. The van der Waals surface area contributed by atoms with Crippen LogP contribution < -0.4 is 15.4 Å². The van der Waals surface area contributed by atoms with Gasteiger partial charge in [-0.05, 0) is 59.1 Å². The number of benzene rings is 3. The number of rotatable bonds is 7. The number of hydrogen-bond donors (Lipinski definition) is 2. The van der Waals surface area contributed by atoms with Crippen molar-refractivity contribution in [2.75, 3.05) is 25.5 Å². The van der Waals surface area contributed by atoms with Gasteiger partial charge >= 0.3 is 0 Å². The van der Waals surface area contributed by atoms with Crippen LogP contribution in [-0.4, -0.2) is 30.5 Å². The molecule has 1 aromatic heterocycles. The lowest BCUT2D eigenvalue weighted by molar-refractivity contribution is 0.0955. The summed E-state index contributed by atoms with van der Waals surface area (Å²) in [6, 6.07) is 23.5. The topological polar surface area (TPSA) is 63.2 Å². The molecule has 4 aromatic rings. The lowest BCUT2D eigenvalue weighted by atomic mass is 10.0. The second-order valence-electron chi connectivity index (χ2n) is 6.52. The largest absolute Gasteiger partial charge is 0.497 e. The lowest BCUT2D eigenvalue weighted by Crippen LogP contribution is -2.28. The number of methoxy groups -OCH3 is 1. The Kier molecular flexibility index (Phi) is 5.72. The summed E-state index contributed by atoms with van der Waals surface area (Å²) in [6.45, 7) is 1.12. The molecule has 1 heterocycles. The number of carbonyl (C=O) groups excluding carboxylic acids is 1. The summed E-state index contributed by atoms with van der Waals surface area (Å²) in [5.41, 5.74) is 2.67. The highest BCUT2D eigenvalue weighted by Gasteiger charge is 2.08. The third-order valence-electron chi connectivity index (χ3n) is 4.63. The van der Waals surface area contributed by atoms with Crippen LogP contribution in [0, 0.1) is 0 Å². The normalized spacial score (nSPS) is 10.7. The molecule has 6 heteroatoms. The number of ether oxygens (including phenoxy) is 1. The zero-order chi connectivity index (χ0) is 20.1. The number of carbonyl (C=O) groups is 1. The molecule has 146 valence electrons. The standard InChI is InChI=1S/C23H21N3O2S/c1-28-19-11-9-16(10-12-19)17-5-4-6-18(15-17)23(27)25-14-13-24-22-20-7-2-3-8-21(20)29-26-22/h2-12,15H,13-14H2,1H3,(H,24,26)(H,25,27). The fraction of sp³-hybridized carbons (Fsp3) is 0.130. The number of amides is 1. The van der Waals surface area contributed by atoms with Crippen molar-refractivity contribution in [2.45, 2.75) is 0 Å².